The van der Waals surface area contributed by atoms with Crippen molar-refractivity contribution in [2.75, 3.05) is 12.4 Å². The maximum atomic E-state index is 12.4. The molecule has 0 saturated heterocycles. The van der Waals surface area contributed by atoms with Gasteiger partial charge in [-0.3, -0.25) is 4.79 Å². The number of anilines is 1. The summed E-state index contributed by atoms with van der Waals surface area (Å²) < 4.78 is 10.9. The van der Waals surface area contributed by atoms with Crippen LogP contribution >= 0.6 is 11.6 Å². The zero-order chi connectivity index (χ0) is 16.8. The Labute approximate surface area is 141 Å². The fourth-order valence-electron chi connectivity index (χ4n) is 2.07. The summed E-state index contributed by atoms with van der Waals surface area (Å²) in [5.41, 5.74) is 1.61. The topological polar surface area (TPSA) is 47.6 Å². The van der Waals surface area contributed by atoms with Crippen molar-refractivity contribution < 1.29 is 14.3 Å². The Balaban J connectivity index is 2.03. The molecule has 0 heterocycles. The number of carbonyl (C=O) groups excluding carboxylic acids is 1. The van der Waals surface area contributed by atoms with E-state index in [0.29, 0.717) is 22.9 Å². The van der Waals surface area contributed by atoms with Crippen LogP contribution in [0.5, 0.6) is 11.5 Å². The highest BCUT2D eigenvalue weighted by Crippen LogP contribution is 2.23. The number of aryl methyl sites for hydroxylation is 1. The van der Waals surface area contributed by atoms with Crippen LogP contribution in [0.4, 0.5) is 5.69 Å². The van der Waals surface area contributed by atoms with Crippen LogP contribution in [0.3, 0.4) is 0 Å². The van der Waals surface area contributed by atoms with Gasteiger partial charge in [-0.15, -0.1) is 0 Å². The maximum absolute atomic E-state index is 12.4. The molecule has 23 heavy (non-hydrogen) atoms. The van der Waals surface area contributed by atoms with Crippen molar-refractivity contribution in [2.24, 2.45) is 0 Å². The van der Waals surface area contributed by atoms with Crippen molar-refractivity contribution in [3.63, 3.8) is 0 Å². The molecule has 0 aliphatic heterocycles. The Morgan fingerprint density at radius 1 is 1.17 bits per heavy atom. The molecule has 5 heteroatoms. The minimum atomic E-state index is -0.572. The van der Waals surface area contributed by atoms with E-state index in [0.717, 1.165) is 11.3 Å². The van der Waals surface area contributed by atoms with E-state index in [1.165, 1.54) is 0 Å². The Hall–Kier alpha value is -2.20. The molecule has 4 nitrogen and oxygen atoms in total. The molecule has 2 aromatic rings. The molecule has 0 radical (unpaired) electrons. The minimum Gasteiger partial charge on any atom is -0.497 e. The van der Waals surface area contributed by atoms with Crippen molar-refractivity contribution in [1.29, 1.82) is 0 Å². The fourth-order valence-corrected chi connectivity index (χ4v) is 2.19. The third kappa shape index (κ3) is 4.63. The van der Waals surface area contributed by atoms with Gasteiger partial charge < -0.3 is 14.8 Å². The van der Waals surface area contributed by atoms with E-state index in [1.807, 2.05) is 19.9 Å². The van der Waals surface area contributed by atoms with Gasteiger partial charge in [-0.2, -0.15) is 0 Å². The molecule has 0 unspecified atom stereocenters. The zero-order valence-electron chi connectivity index (χ0n) is 13.4. The van der Waals surface area contributed by atoms with Gasteiger partial charge in [0.05, 0.1) is 7.11 Å². The molecule has 0 bridgehead atoms. The molecule has 0 aliphatic carbocycles. The van der Waals surface area contributed by atoms with E-state index >= 15 is 0 Å². The summed E-state index contributed by atoms with van der Waals surface area (Å²) in [7, 11) is 1.60. The lowest BCUT2D eigenvalue weighted by Gasteiger charge is -2.18. The summed E-state index contributed by atoms with van der Waals surface area (Å²) in [6, 6.07) is 12.5. The smallest absolute Gasteiger partial charge is 0.265 e. The zero-order valence-corrected chi connectivity index (χ0v) is 14.2. The number of benzene rings is 2. The van der Waals surface area contributed by atoms with E-state index < -0.39 is 6.10 Å². The Kier molecular flexibility index (Phi) is 5.88. The summed E-state index contributed by atoms with van der Waals surface area (Å²) in [4.78, 5) is 12.4. The lowest BCUT2D eigenvalue weighted by Crippen LogP contribution is -2.32. The Morgan fingerprint density at radius 3 is 2.39 bits per heavy atom. The molecular weight excluding hydrogens is 314 g/mol. The highest BCUT2D eigenvalue weighted by atomic mass is 35.5. The summed E-state index contributed by atoms with van der Waals surface area (Å²) in [6.45, 7) is 3.80. The van der Waals surface area contributed by atoms with Crippen molar-refractivity contribution in [3.05, 3.63) is 53.1 Å². The van der Waals surface area contributed by atoms with Crippen LogP contribution in [0.2, 0.25) is 5.02 Å². The van der Waals surface area contributed by atoms with Gasteiger partial charge >= 0.3 is 0 Å². The quantitative estimate of drug-likeness (QED) is 0.849. The first-order chi connectivity index (χ1) is 11.0. The van der Waals surface area contributed by atoms with Crippen LogP contribution in [0.15, 0.2) is 42.5 Å². The molecule has 122 valence electrons. The van der Waals surface area contributed by atoms with Gasteiger partial charge in [-0.1, -0.05) is 18.5 Å². The number of carbonyl (C=O) groups is 1. The van der Waals surface area contributed by atoms with E-state index in [2.05, 4.69) is 5.32 Å². The molecule has 0 saturated carbocycles. The van der Waals surface area contributed by atoms with Crippen molar-refractivity contribution in [2.45, 2.75) is 26.4 Å². The standard InChI is InChI=1S/C18H20ClNO3/c1-4-17(23-15-9-10-16(19)12(2)11-15)18(21)20-13-5-7-14(22-3)8-6-13/h5-11,17H,4H2,1-3H3,(H,20,21)/t17-/m1/s1. The first-order valence-corrected chi connectivity index (χ1v) is 7.79. The van der Waals surface area contributed by atoms with Crippen LogP contribution in [0.1, 0.15) is 18.9 Å². The number of hydrogen-bond donors (Lipinski definition) is 1. The molecule has 1 atom stereocenters. The summed E-state index contributed by atoms with van der Waals surface area (Å²) in [5, 5.41) is 3.52. The molecule has 0 aliphatic rings. The Bertz CT molecular complexity index is 670. The van der Waals surface area contributed by atoms with E-state index in [-0.39, 0.29) is 5.91 Å². The predicted octanol–water partition coefficient (Wildman–Crippen LogP) is 4.45. The highest BCUT2D eigenvalue weighted by molar-refractivity contribution is 6.31. The molecule has 2 aromatic carbocycles. The average Bonchev–Trinajstić information content (AvgIpc) is 2.56. The van der Waals surface area contributed by atoms with Crippen molar-refractivity contribution in [1.82, 2.24) is 0 Å². The van der Waals surface area contributed by atoms with Gasteiger partial charge in [0.2, 0.25) is 0 Å². The highest BCUT2D eigenvalue weighted by Gasteiger charge is 2.18. The van der Waals surface area contributed by atoms with Gasteiger partial charge in [0.1, 0.15) is 11.5 Å². The first kappa shape index (κ1) is 17.2. The van der Waals surface area contributed by atoms with Crippen LogP contribution in [0, 0.1) is 6.92 Å². The van der Waals surface area contributed by atoms with Crippen LogP contribution in [-0.2, 0) is 4.79 Å². The minimum absolute atomic E-state index is 0.190. The largest absolute Gasteiger partial charge is 0.497 e. The van der Waals surface area contributed by atoms with Gasteiger partial charge in [0.25, 0.3) is 5.91 Å². The second-order valence-electron chi connectivity index (χ2n) is 5.14. The second-order valence-corrected chi connectivity index (χ2v) is 5.55. The second kappa shape index (κ2) is 7.88. The van der Waals surface area contributed by atoms with Crippen LogP contribution < -0.4 is 14.8 Å². The molecule has 1 N–H and O–H groups in total. The normalized spacial score (nSPS) is 11.7. The van der Waals surface area contributed by atoms with Gasteiger partial charge in [0.15, 0.2) is 6.10 Å². The number of methoxy groups -OCH3 is 1. The predicted molar refractivity (Wildman–Crippen MR) is 92.5 cm³/mol. The Morgan fingerprint density at radius 2 is 1.83 bits per heavy atom. The lowest BCUT2D eigenvalue weighted by molar-refractivity contribution is -0.122. The van der Waals surface area contributed by atoms with E-state index in [1.54, 1.807) is 43.5 Å². The maximum Gasteiger partial charge on any atom is 0.265 e. The van der Waals surface area contributed by atoms with Crippen LogP contribution in [-0.4, -0.2) is 19.1 Å². The monoisotopic (exact) mass is 333 g/mol. The van der Waals surface area contributed by atoms with Crippen LogP contribution in [0.25, 0.3) is 0 Å². The van der Waals surface area contributed by atoms with Gasteiger partial charge in [-0.05, 0) is 61.4 Å². The lowest BCUT2D eigenvalue weighted by atomic mass is 10.2. The van der Waals surface area contributed by atoms with E-state index in [4.69, 9.17) is 21.1 Å². The average molecular weight is 334 g/mol. The molecule has 1 amide bonds. The number of nitrogens with one attached hydrogen (secondary N) is 1. The third-order valence-electron chi connectivity index (χ3n) is 3.43. The fraction of sp³-hybridized carbons (Fsp3) is 0.278. The number of halogens is 1. The number of amides is 1. The SMILES string of the molecule is CC[C@@H](Oc1ccc(Cl)c(C)c1)C(=O)Nc1ccc(OC)cc1. The first-order valence-electron chi connectivity index (χ1n) is 7.41. The molecular formula is C18H20ClNO3. The molecule has 2 rings (SSSR count). The van der Waals surface area contributed by atoms with Crippen molar-refractivity contribution in [3.8, 4) is 11.5 Å². The van der Waals surface area contributed by atoms with Gasteiger partial charge in [-0.25, -0.2) is 0 Å². The summed E-state index contributed by atoms with van der Waals surface area (Å²) in [5.74, 6) is 1.18. The number of hydrogen-bond acceptors (Lipinski definition) is 3. The molecule has 0 aromatic heterocycles. The van der Waals surface area contributed by atoms with Crippen molar-refractivity contribution >= 4 is 23.2 Å². The number of rotatable bonds is 6. The molecule has 0 spiro atoms. The summed E-state index contributed by atoms with van der Waals surface area (Å²) >= 11 is 6.00. The third-order valence-corrected chi connectivity index (χ3v) is 3.85. The number of ether oxygens (including phenoxy) is 2. The molecule has 0 fully saturated rings. The van der Waals surface area contributed by atoms with Gasteiger partial charge in [0, 0.05) is 10.7 Å². The van der Waals surface area contributed by atoms with E-state index in [9.17, 15) is 4.79 Å². The summed E-state index contributed by atoms with van der Waals surface area (Å²) in [6.07, 6.45) is -0.0124.